The number of nitrogens with zero attached hydrogens (tertiary/aromatic N) is 1. The molecule has 0 aliphatic carbocycles. The van der Waals surface area contributed by atoms with Gasteiger partial charge < -0.3 is 20.0 Å². The SMILES string of the molecule is CC(C)(C)NC(=O)CNC(=O)C1CC(=O)N(Cc2ccco2)C1. The Labute approximate surface area is 135 Å². The smallest absolute Gasteiger partial charge is 0.239 e. The summed E-state index contributed by atoms with van der Waals surface area (Å²) in [6.07, 6.45) is 1.71. The van der Waals surface area contributed by atoms with Crippen molar-refractivity contribution in [3.05, 3.63) is 24.2 Å². The topological polar surface area (TPSA) is 91.7 Å². The van der Waals surface area contributed by atoms with E-state index in [4.69, 9.17) is 4.42 Å². The van der Waals surface area contributed by atoms with E-state index in [1.54, 1.807) is 23.3 Å². The molecule has 0 bridgehead atoms. The predicted molar refractivity (Wildman–Crippen MR) is 83.1 cm³/mol. The first-order valence-electron chi connectivity index (χ1n) is 7.63. The summed E-state index contributed by atoms with van der Waals surface area (Å²) >= 11 is 0. The maximum absolute atomic E-state index is 12.1. The van der Waals surface area contributed by atoms with Gasteiger partial charge in [-0.3, -0.25) is 14.4 Å². The van der Waals surface area contributed by atoms with Crippen LogP contribution < -0.4 is 10.6 Å². The van der Waals surface area contributed by atoms with Gasteiger partial charge in [0.15, 0.2) is 0 Å². The fourth-order valence-electron chi connectivity index (χ4n) is 2.47. The fraction of sp³-hybridized carbons (Fsp3) is 0.562. The van der Waals surface area contributed by atoms with Crippen LogP contribution in [0.25, 0.3) is 0 Å². The Morgan fingerprint density at radius 1 is 1.39 bits per heavy atom. The van der Waals surface area contributed by atoms with Crippen molar-refractivity contribution in [2.24, 2.45) is 5.92 Å². The highest BCUT2D eigenvalue weighted by Gasteiger charge is 2.34. The molecule has 1 saturated heterocycles. The van der Waals surface area contributed by atoms with Crippen molar-refractivity contribution in [1.82, 2.24) is 15.5 Å². The van der Waals surface area contributed by atoms with Crippen LogP contribution in [0.15, 0.2) is 22.8 Å². The quantitative estimate of drug-likeness (QED) is 0.833. The molecule has 1 aliphatic rings. The van der Waals surface area contributed by atoms with Gasteiger partial charge in [0.25, 0.3) is 0 Å². The van der Waals surface area contributed by atoms with Crippen LogP contribution in [0.4, 0.5) is 0 Å². The Morgan fingerprint density at radius 2 is 2.13 bits per heavy atom. The minimum absolute atomic E-state index is 0.0827. The van der Waals surface area contributed by atoms with Crippen molar-refractivity contribution in [3.63, 3.8) is 0 Å². The summed E-state index contributed by atoms with van der Waals surface area (Å²) < 4.78 is 5.22. The van der Waals surface area contributed by atoms with E-state index >= 15 is 0 Å². The van der Waals surface area contributed by atoms with Crippen LogP contribution >= 0.6 is 0 Å². The molecule has 1 atom stereocenters. The summed E-state index contributed by atoms with van der Waals surface area (Å²) in [5.74, 6) is -0.350. The monoisotopic (exact) mass is 321 g/mol. The zero-order chi connectivity index (χ0) is 17.0. The van der Waals surface area contributed by atoms with Crippen LogP contribution in [0, 0.1) is 5.92 Å². The lowest BCUT2D eigenvalue weighted by Gasteiger charge is -2.21. The first-order valence-corrected chi connectivity index (χ1v) is 7.63. The molecule has 7 nitrogen and oxygen atoms in total. The van der Waals surface area contributed by atoms with Gasteiger partial charge in [0.1, 0.15) is 5.76 Å². The molecule has 1 aromatic rings. The van der Waals surface area contributed by atoms with E-state index in [-0.39, 0.29) is 36.2 Å². The van der Waals surface area contributed by atoms with Crippen molar-refractivity contribution >= 4 is 17.7 Å². The van der Waals surface area contributed by atoms with Crippen LogP contribution in [0.1, 0.15) is 33.0 Å². The molecule has 3 amide bonds. The molecule has 2 heterocycles. The summed E-state index contributed by atoms with van der Waals surface area (Å²) in [4.78, 5) is 37.4. The molecular formula is C16H23N3O4. The molecule has 1 unspecified atom stereocenters. The molecule has 1 aliphatic heterocycles. The van der Waals surface area contributed by atoms with E-state index in [1.807, 2.05) is 20.8 Å². The lowest BCUT2D eigenvalue weighted by Crippen LogP contribution is -2.46. The Hall–Kier alpha value is -2.31. The Bertz CT molecular complexity index is 575. The van der Waals surface area contributed by atoms with Gasteiger partial charge in [-0.1, -0.05) is 0 Å². The molecular weight excluding hydrogens is 298 g/mol. The molecule has 1 fully saturated rings. The van der Waals surface area contributed by atoms with Crippen molar-refractivity contribution in [1.29, 1.82) is 0 Å². The highest BCUT2D eigenvalue weighted by atomic mass is 16.3. The average molecular weight is 321 g/mol. The number of amides is 3. The summed E-state index contributed by atoms with van der Waals surface area (Å²) in [7, 11) is 0. The molecule has 7 heteroatoms. The van der Waals surface area contributed by atoms with E-state index in [0.717, 1.165) is 0 Å². The van der Waals surface area contributed by atoms with Crippen LogP contribution in [0.5, 0.6) is 0 Å². The van der Waals surface area contributed by atoms with E-state index in [0.29, 0.717) is 18.8 Å². The first kappa shape index (κ1) is 17.1. The number of hydrogen-bond donors (Lipinski definition) is 2. The minimum atomic E-state index is -0.431. The molecule has 23 heavy (non-hydrogen) atoms. The summed E-state index contributed by atoms with van der Waals surface area (Å²) in [6, 6.07) is 3.55. The van der Waals surface area contributed by atoms with E-state index in [2.05, 4.69) is 10.6 Å². The third-order valence-corrected chi connectivity index (χ3v) is 3.45. The second-order valence-electron chi connectivity index (χ2n) is 6.77. The van der Waals surface area contributed by atoms with Crippen molar-refractivity contribution in [3.8, 4) is 0 Å². The Balaban J connectivity index is 1.80. The van der Waals surface area contributed by atoms with Gasteiger partial charge >= 0.3 is 0 Å². The molecule has 0 saturated carbocycles. The van der Waals surface area contributed by atoms with Gasteiger partial charge in [-0.15, -0.1) is 0 Å². The summed E-state index contributed by atoms with van der Waals surface area (Å²) in [5.41, 5.74) is -0.342. The van der Waals surface area contributed by atoms with E-state index in [1.165, 1.54) is 0 Å². The standard InChI is InChI=1S/C16H23N3O4/c1-16(2,3)18-13(20)8-17-15(22)11-7-14(21)19(9-11)10-12-5-4-6-23-12/h4-6,11H,7-10H2,1-3H3,(H,17,22)(H,18,20). The number of carbonyl (C=O) groups excluding carboxylic acids is 3. The zero-order valence-corrected chi connectivity index (χ0v) is 13.7. The maximum Gasteiger partial charge on any atom is 0.239 e. The first-order chi connectivity index (χ1) is 10.7. The molecule has 1 aromatic heterocycles. The third kappa shape index (κ3) is 5.12. The molecule has 126 valence electrons. The zero-order valence-electron chi connectivity index (χ0n) is 13.7. The second-order valence-corrected chi connectivity index (χ2v) is 6.77. The normalized spacial score (nSPS) is 18.1. The third-order valence-electron chi connectivity index (χ3n) is 3.45. The number of carbonyl (C=O) groups is 3. The molecule has 2 N–H and O–H groups in total. The highest BCUT2D eigenvalue weighted by molar-refractivity contribution is 5.91. The minimum Gasteiger partial charge on any atom is -0.467 e. The molecule has 0 aromatic carbocycles. The van der Waals surface area contributed by atoms with Gasteiger partial charge in [-0.05, 0) is 32.9 Å². The number of nitrogens with one attached hydrogen (secondary N) is 2. The van der Waals surface area contributed by atoms with Gasteiger partial charge in [0.05, 0.1) is 25.3 Å². The molecule has 2 rings (SSSR count). The predicted octanol–water partition coefficient (Wildman–Crippen LogP) is 0.659. The number of likely N-dealkylation sites (tertiary alicyclic amines) is 1. The largest absolute Gasteiger partial charge is 0.467 e. The second kappa shape index (κ2) is 6.85. The van der Waals surface area contributed by atoms with E-state index in [9.17, 15) is 14.4 Å². The van der Waals surface area contributed by atoms with Crippen molar-refractivity contribution < 1.29 is 18.8 Å². The van der Waals surface area contributed by atoms with Gasteiger partial charge in [-0.2, -0.15) is 0 Å². The maximum atomic E-state index is 12.1. The van der Waals surface area contributed by atoms with Gasteiger partial charge in [0.2, 0.25) is 17.7 Å². The fourth-order valence-corrected chi connectivity index (χ4v) is 2.47. The van der Waals surface area contributed by atoms with Crippen molar-refractivity contribution in [2.75, 3.05) is 13.1 Å². The lowest BCUT2D eigenvalue weighted by molar-refractivity contribution is -0.130. The lowest BCUT2D eigenvalue weighted by atomic mass is 10.1. The van der Waals surface area contributed by atoms with Gasteiger partial charge in [0, 0.05) is 18.5 Å². The summed E-state index contributed by atoms with van der Waals surface area (Å²) in [5, 5.41) is 5.36. The summed E-state index contributed by atoms with van der Waals surface area (Å²) in [6.45, 7) is 6.23. The molecule has 0 radical (unpaired) electrons. The van der Waals surface area contributed by atoms with Crippen LogP contribution in [0.3, 0.4) is 0 Å². The number of hydrogen-bond acceptors (Lipinski definition) is 4. The van der Waals surface area contributed by atoms with E-state index < -0.39 is 5.92 Å². The average Bonchev–Trinajstić information content (AvgIpc) is 3.05. The number of furan rings is 1. The van der Waals surface area contributed by atoms with Gasteiger partial charge in [-0.25, -0.2) is 0 Å². The highest BCUT2D eigenvalue weighted by Crippen LogP contribution is 2.20. The van der Waals surface area contributed by atoms with Crippen LogP contribution in [-0.2, 0) is 20.9 Å². The van der Waals surface area contributed by atoms with Crippen LogP contribution in [0.2, 0.25) is 0 Å². The Kier molecular flexibility index (Phi) is 5.08. The van der Waals surface area contributed by atoms with Crippen molar-refractivity contribution in [2.45, 2.75) is 39.3 Å². The van der Waals surface area contributed by atoms with Crippen LogP contribution in [-0.4, -0.2) is 41.2 Å². The number of rotatable bonds is 5. The Morgan fingerprint density at radius 3 is 2.74 bits per heavy atom. The molecule has 0 spiro atoms.